The smallest absolute Gasteiger partial charge is 0.309 e. The lowest BCUT2D eigenvalue weighted by atomic mass is 9.94. The van der Waals surface area contributed by atoms with E-state index < -0.39 is 18.0 Å². The number of aromatic nitrogens is 2. The van der Waals surface area contributed by atoms with Gasteiger partial charge in [-0.15, -0.1) is 0 Å². The maximum atomic E-state index is 11.1. The van der Waals surface area contributed by atoms with E-state index in [0.29, 0.717) is 12.0 Å². The summed E-state index contributed by atoms with van der Waals surface area (Å²) in [5.74, 6) is -1.72. The molecule has 1 heterocycles. The Morgan fingerprint density at radius 2 is 2.18 bits per heavy atom. The fourth-order valence-electron chi connectivity index (χ4n) is 1.75. The molecule has 0 fully saturated rings. The Labute approximate surface area is 101 Å². The number of rotatable bonds is 6. The van der Waals surface area contributed by atoms with Crippen LogP contribution in [-0.4, -0.2) is 26.0 Å². The summed E-state index contributed by atoms with van der Waals surface area (Å²) in [5, 5.41) is 23.2. The van der Waals surface area contributed by atoms with Crippen molar-refractivity contribution in [3.8, 4) is 0 Å². The van der Waals surface area contributed by atoms with Gasteiger partial charge in [-0.05, 0) is 20.3 Å². The standard InChI is InChI=1S/C12H20N2O3/c1-4-5-10(12(16)17)11(15)9-6-13-14(7-9)8(2)3/h6-8,10-11,15H,4-5H2,1-3H3,(H,16,17). The Morgan fingerprint density at radius 3 is 2.59 bits per heavy atom. The molecule has 5 heteroatoms. The lowest BCUT2D eigenvalue weighted by molar-refractivity contribution is -0.146. The molecular weight excluding hydrogens is 220 g/mol. The zero-order chi connectivity index (χ0) is 13.0. The van der Waals surface area contributed by atoms with Crippen LogP contribution in [0.25, 0.3) is 0 Å². The summed E-state index contributed by atoms with van der Waals surface area (Å²) in [6, 6.07) is 0.199. The van der Waals surface area contributed by atoms with Crippen LogP contribution in [0.4, 0.5) is 0 Å². The first-order valence-electron chi connectivity index (χ1n) is 5.92. The highest BCUT2D eigenvalue weighted by molar-refractivity contribution is 5.71. The number of nitrogens with zero attached hydrogens (tertiary/aromatic N) is 2. The minimum atomic E-state index is -0.986. The summed E-state index contributed by atoms with van der Waals surface area (Å²) in [6.45, 7) is 5.86. The van der Waals surface area contributed by atoms with Crippen LogP contribution in [-0.2, 0) is 4.79 Å². The topological polar surface area (TPSA) is 75.3 Å². The zero-order valence-corrected chi connectivity index (χ0v) is 10.5. The molecule has 96 valence electrons. The van der Waals surface area contributed by atoms with Gasteiger partial charge in [0.15, 0.2) is 0 Å². The predicted molar refractivity (Wildman–Crippen MR) is 63.6 cm³/mol. The van der Waals surface area contributed by atoms with Crippen LogP contribution in [0.2, 0.25) is 0 Å². The fraction of sp³-hybridized carbons (Fsp3) is 0.667. The molecule has 0 aromatic carbocycles. The summed E-state index contributed by atoms with van der Waals surface area (Å²) in [6.07, 6.45) is 3.45. The molecule has 0 bridgehead atoms. The molecule has 2 unspecified atom stereocenters. The van der Waals surface area contributed by atoms with Gasteiger partial charge in [0.05, 0.1) is 18.2 Å². The molecule has 0 saturated carbocycles. The van der Waals surface area contributed by atoms with E-state index in [1.807, 2.05) is 20.8 Å². The van der Waals surface area contributed by atoms with Crippen molar-refractivity contribution in [3.63, 3.8) is 0 Å². The van der Waals surface area contributed by atoms with Crippen LogP contribution < -0.4 is 0 Å². The monoisotopic (exact) mass is 240 g/mol. The molecule has 0 aliphatic rings. The number of hydrogen-bond donors (Lipinski definition) is 2. The van der Waals surface area contributed by atoms with Crippen LogP contribution in [0.3, 0.4) is 0 Å². The quantitative estimate of drug-likeness (QED) is 0.797. The first kappa shape index (κ1) is 13.7. The number of carbonyl (C=O) groups is 1. The highest BCUT2D eigenvalue weighted by Crippen LogP contribution is 2.26. The van der Waals surface area contributed by atoms with Crippen LogP contribution >= 0.6 is 0 Å². The lowest BCUT2D eigenvalue weighted by Gasteiger charge is -2.17. The SMILES string of the molecule is CCCC(C(=O)O)C(O)c1cnn(C(C)C)c1. The van der Waals surface area contributed by atoms with Crippen LogP contribution in [0.5, 0.6) is 0 Å². The minimum absolute atomic E-state index is 0.199. The van der Waals surface area contributed by atoms with Crippen molar-refractivity contribution in [1.29, 1.82) is 0 Å². The Bertz CT molecular complexity index is 374. The Kier molecular flexibility index (Phi) is 4.69. The van der Waals surface area contributed by atoms with Gasteiger partial charge in [0, 0.05) is 17.8 Å². The normalized spacial score (nSPS) is 14.9. The van der Waals surface area contributed by atoms with E-state index in [-0.39, 0.29) is 6.04 Å². The van der Waals surface area contributed by atoms with Crippen molar-refractivity contribution < 1.29 is 15.0 Å². The van der Waals surface area contributed by atoms with Crippen molar-refractivity contribution in [3.05, 3.63) is 18.0 Å². The Balaban J connectivity index is 2.85. The molecule has 1 aromatic rings. The third-order valence-electron chi connectivity index (χ3n) is 2.79. The van der Waals surface area contributed by atoms with E-state index in [9.17, 15) is 9.90 Å². The molecule has 5 nitrogen and oxygen atoms in total. The van der Waals surface area contributed by atoms with Crippen LogP contribution in [0, 0.1) is 5.92 Å². The number of carboxylic acids is 1. The van der Waals surface area contributed by atoms with E-state index in [1.165, 1.54) is 6.20 Å². The first-order valence-corrected chi connectivity index (χ1v) is 5.92. The maximum Gasteiger partial charge on any atom is 0.309 e. The lowest BCUT2D eigenvalue weighted by Crippen LogP contribution is -2.21. The fourth-order valence-corrected chi connectivity index (χ4v) is 1.75. The van der Waals surface area contributed by atoms with Crippen molar-refractivity contribution in [2.24, 2.45) is 5.92 Å². The molecular formula is C12H20N2O3. The van der Waals surface area contributed by atoms with E-state index in [0.717, 1.165) is 6.42 Å². The molecule has 0 saturated heterocycles. The Hall–Kier alpha value is -1.36. The van der Waals surface area contributed by atoms with Gasteiger partial charge in [-0.1, -0.05) is 13.3 Å². The summed E-state index contributed by atoms with van der Waals surface area (Å²) >= 11 is 0. The van der Waals surface area contributed by atoms with Crippen molar-refractivity contribution in [2.45, 2.75) is 45.8 Å². The van der Waals surface area contributed by atoms with E-state index in [2.05, 4.69) is 5.10 Å². The van der Waals surface area contributed by atoms with E-state index in [4.69, 9.17) is 5.11 Å². The summed E-state index contributed by atoms with van der Waals surface area (Å²) in [5.41, 5.74) is 0.569. The number of aliphatic carboxylic acids is 1. The van der Waals surface area contributed by atoms with Crippen molar-refractivity contribution in [2.75, 3.05) is 0 Å². The molecule has 17 heavy (non-hydrogen) atoms. The molecule has 2 N–H and O–H groups in total. The molecule has 0 spiro atoms. The zero-order valence-electron chi connectivity index (χ0n) is 10.5. The van der Waals surface area contributed by atoms with Gasteiger partial charge in [-0.2, -0.15) is 5.10 Å². The van der Waals surface area contributed by atoms with Gasteiger partial charge >= 0.3 is 5.97 Å². The predicted octanol–water partition coefficient (Wildman–Crippen LogP) is 2.00. The average molecular weight is 240 g/mol. The number of carboxylic acid groups (broad SMARTS) is 1. The molecule has 0 aliphatic heterocycles. The number of aliphatic hydroxyl groups is 1. The molecule has 0 amide bonds. The van der Waals surface area contributed by atoms with E-state index in [1.54, 1.807) is 10.9 Å². The third kappa shape index (κ3) is 3.30. The Morgan fingerprint density at radius 1 is 1.53 bits per heavy atom. The molecule has 0 radical (unpaired) electrons. The molecule has 0 aliphatic carbocycles. The second-order valence-electron chi connectivity index (χ2n) is 4.53. The summed E-state index contributed by atoms with van der Waals surface area (Å²) in [7, 11) is 0. The second-order valence-corrected chi connectivity index (χ2v) is 4.53. The number of aliphatic hydroxyl groups excluding tert-OH is 1. The van der Waals surface area contributed by atoms with Crippen LogP contribution in [0.15, 0.2) is 12.4 Å². The third-order valence-corrected chi connectivity index (χ3v) is 2.79. The van der Waals surface area contributed by atoms with Gasteiger partial charge in [0.1, 0.15) is 0 Å². The second kappa shape index (κ2) is 5.82. The van der Waals surface area contributed by atoms with Gasteiger partial charge in [0.2, 0.25) is 0 Å². The highest BCUT2D eigenvalue weighted by Gasteiger charge is 2.27. The first-order chi connectivity index (χ1) is 7.97. The van der Waals surface area contributed by atoms with Gasteiger partial charge < -0.3 is 10.2 Å². The minimum Gasteiger partial charge on any atom is -0.481 e. The van der Waals surface area contributed by atoms with Gasteiger partial charge in [0.25, 0.3) is 0 Å². The van der Waals surface area contributed by atoms with Gasteiger partial charge in [-0.3, -0.25) is 9.48 Å². The van der Waals surface area contributed by atoms with Crippen molar-refractivity contribution >= 4 is 5.97 Å². The maximum absolute atomic E-state index is 11.1. The molecule has 1 rings (SSSR count). The highest BCUT2D eigenvalue weighted by atomic mass is 16.4. The van der Waals surface area contributed by atoms with Crippen LogP contribution in [0.1, 0.15) is 51.3 Å². The number of hydrogen-bond acceptors (Lipinski definition) is 3. The summed E-state index contributed by atoms with van der Waals surface area (Å²) < 4.78 is 1.71. The molecule has 2 atom stereocenters. The summed E-state index contributed by atoms with van der Waals surface area (Å²) in [4.78, 5) is 11.1. The largest absolute Gasteiger partial charge is 0.481 e. The van der Waals surface area contributed by atoms with Gasteiger partial charge in [-0.25, -0.2) is 0 Å². The van der Waals surface area contributed by atoms with Crippen molar-refractivity contribution in [1.82, 2.24) is 9.78 Å². The average Bonchev–Trinajstić information content (AvgIpc) is 2.73. The molecule has 1 aromatic heterocycles. The van der Waals surface area contributed by atoms with E-state index >= 15 is 0 Å².